The average Bonchev–Trinajstić information content (AvgIpc) is 2.57. The van der Waals surface area contributed by atoms with Crippen LogP contribution < -0.4 is 15.2 Å². The van der Waals surface area contributed by atoms with Crippen molar-refractivity contribution >= 4 is 11.6 Å². The fourth-order valence-electron chi connectivity index (χ4n) is 2.50. The molecule has 2 rings (SSSR count). The van der Waals surface area contributed by atoms with Gasteiger partial charge in [-0.25, -0.2) is 0 Å². The highest BCUT2D eigenvalue weighted by Gasteiger charge is 2.16. The summed E-state index contributed by atoms with van der Waals surface area (Å²) < 4.78 is 11.3. The van der Waals surface area contributed by atoms with Gasteiger partial charge in [-0.3, -0.25) is 4.98 Å². The first-order valence-electron chi connectivity index (χ1n) is 7.88. The molecule has 1 heterocycles. The molecule has 0 aliphatic carbocycles. The fraction of sp³-hybridized carbons (Fsp3) is 0.389. The molecular weight excluding hydrogens is 312 g/mol. The summed E-state index contributed by atoms with van der Waals surface area (Å²) in [6.45, 7) is 5.48. The third-order valence-electron chi connectivity index (χ3n) is 3.53. The van der Waals surface area contributed by atoms with Crippen LogP contribution in [0.15, 0.2) is 36.5 Å². The Morgan fingerprint density at radius 2 is 1.96 bits per heavy atom. The van der Waals surface area contributed by atoms with Gasteiger partial charge >= 0.3 is 0 Å². The van der Waals surface area contributed by atoms with Crippen LogP contribution in [0.1, 0.15) is 31.0 Å². The van der Waals surface area contributed by atoms with E-state index in [1.165, 1.54) is 0 Å². The predicted molar refractivity (Wildman–Crippen MR) is 93.5 cm³/mol. The van der Waals surface area contributed by atoms with Crippen molar-refractivity contribution < 1.29 is 9.47 Å². The normalized spacial score (nSPS) is 12.0. The molecule has 4 nitrogen and oxygen atoms in total. The van der Waals surface area contributed by atoms with E-state index in [4.69, 9.17) is 26.8 Å². The number of halogens is 1. The van der Waals surface area contributed by atoms with Crippen LogP contribution in [0.4, 0.5) is 0 Å². The number of hydrogen-bond donors (Lipinski definition) is 1. The maximum Gasteiger partial charge on any atom is 0.179 e. The Labute approximate surface area is 142 Å². The number of ether oxygens (including phenoxy) is 2. The molecule has 0 radical (unpaired) electrons. The Hall–Kier alpha value is -1.78. The Balaban J connectivity index is 2.28. The number of aromatic nitrogens is 1. The molecule has 0 saturated carbocycles. The van der Waals surface area contributed by atoms with Crippen molar-refractivity contribution in [3.63, 3.8) is 0 Å². The number of nitrogens with two attached hydrogens (primary N) is 1. The molecule has 23 heavy (non-hydrogen) atoms. The Kier molecular flexibility index (Phi) is 6.68. The third-order valence-corrected chi connectivity index (χ3v) is 3.81. The zero-order valence-electron chi connectivity index (χ0n) is 13.6. The van der Waals surface area contributed by atoms with Crippen LogP contribution in [0.5, 0.6) is 11.5 Å². The maximum absolute atomic E-state index is 6.37. The standard InChI is InChI=1S/C18H23ClN2O2/c1-3-22-17-11-13(10-15(19)18(17)23-4-2)9-14(12-20)16-7-5-6-8-21-16/h5-8,10-11,14H,3-4,9,12,20H2,1-2H3. The minimum atomic E-state index is 0.139. The molecule has 1 atom stereocenters. The molecule has 1 aromatic carbocycles. The Morgan fingerprint density at radius 3 is 2.57 bits per heavy atom. The fourth-order valence-corrected chi connectivity index (χ4v) is 2.79. The lowest BCUT2D eigenvalue weighted by Crippen LogP contribution is -2.16. The average molecular weight is 335 g/mol. The van der Waals surface area contributed by atoms with Crippen LogP contribution in [-0.4, -0.2) is 24.7 Å². The Bertz CT molecular complexity index is 620. The van der Waals surface area contributed by atoms with Gasteiger partial charge in [0.25, 0.3) is 0 Å². The van der Waals surface area contributed by atoms with Gasteiger partial charge in [0, 0.05) is 24.4 Å². The number of benzene rings is 1. The molecule has 2 aromatic rings. The molecule has 0 saturated heterocycles. The maximum atomic E-state index is 6.37. The zero-order chi connectivity index (χ0) is 16.7. The first-order chi connectivity index (χ1) is 11.2. The minimum Gasteiger partial charge on any atom is -0.490 e. The molecule has 2 N–H and O–H groups in total. The molecule has 0 aliphatic heterocycles. The lowest BCUT2D eigenvalue weighted by atomic mass is 9.95. The van der Waals surface area contributed by atoms with Gasteiger partial charge in [-0.15, -0.1) is 0 Å². The monoisotopic (exact) mass is 334 g/mol. The lowest BCUT2D eigenvalue weighted by Gasteiger charge is -2.17. The summed E-state index contributed by atoms with van der Waals surface area (Å²) >= 11 is 6.37. The number of pyridine rings is 1. The van der Waals surface area contributed by atoms with Crippen LogP contribution in [0.2, 0.25) is 5.02 Å². The van der Waals surface area contributed by atoms with Crippen LogP contribution in [0, 0.1) is 0 Å². The van der Waals surface area contributed by atoms with Gasteiger partial charge in [-0.05, 0) is 50.1 Å². The van der Waals surface area contributed by atoms with Crippen molar-refractivity contribution in [2.24, 2.45) is 5.73 Å². The SMILES string of the molecule is CCOc1cc(CC(CN)c2ccccn2)cc(Cl)c1OCC. The summed E-state index contributed by atoms with van der Waals surface area (Å²) in [6.07, 6.45) is 2.54. The topological polar surface area (TPSA) is 57.4 Å². The van der Waals surface area contributed by atoms with Crippen molar-refractivity contribution in [2.45, 2.75) is 26.2 Å². The van der Waals surface area contributed by atoms with Gasteiger partial charge in [0.15, 0.2) is 11.5 Å². The first-order valence-corrected chi connectivity index (χ1v) is 8.26. The van der Waals surface area contributed by atoms with E-state index in [0.29, 0.717) is 36.3 Å². The molecule has 1 aromatic heterocycles. The van der Waals surface area contributed by atoms with E-state index in [2.05, 4.69) is 4.98 Å². The summed E-state index contributed by atoms with van der Waals surface area (Å²) in [4.78, 5) is 4.41. The van der Waals surface area contributed by atoms with Gasteiger partial charge in [-0.1, -0.05) is 17.7 Å². The predicted octanol–water partition coefficient (Wildman–Crippen LogP) is 3.82. The van der Waals surface area contributed by atoms with E-state index in [-0.39, 0.29) is 5.92 Å². The summed E-state index contributed by atoms with van der Waals surface area (Å²) in [7, 11) is 0. The second-order valence-corrected chi connectivity index (χ2v) is 5.57. The zero-order valence-corrected chi connectivity index (χ0v) is 14.3. The number of hydrogen-bond acceptors (Lipinski definition) is 4. The van der Waals surface area contributed by atoms with Gasteiger partial charge in [0.2, 0.25) is 0 Å². The highest BCUT2D eigenvalue weighted by molar-refractivity contribution is 6.32. The van der Waals surface area contributed by atoms with Gasteiger partial charge < -0.3 is 15.2 Å². The van der Waals surface area contributed by atoms with E-state index in [0.717, 1.165) is 17.7 Å². The Morgan fingerprint density at radius 1 is 1.17 bits per heavy atom. The first kappa shape index (κ1) is 17.6. The van der Waals surface area contributed by atoms with Crippen LogP contribution in [-0.2, 0) is 6.42 Å². The van der Waals surface area contributed by atoms with Gasteiger partial charge in [0.1, 0.15) is 0 Å². The lowest BCUT2D eigenvalue weighted by molar-refractivity contribution is 0.287. The molecular formula is C18H23ClN2O2. The summed E-state index contributed by atoms with van der Waals surface area (Å²) in [5, 5.41) is 0.560. The van der Waals surface area contributed by atoms with E-state index in [1.54, 1.807) is 6.20 Å². The minimum absolute atomic E-state index is 0.139. The molecule has 0 bridgehead atoms. The summed E-state index contributed by atoms with van der Waals surface area (Å²) in [6, 6.07) is 9.77. The third kappa shape index (κ3) is 4.60. The molecule has 5 heteroatoms. The van der Waals surface area contributed by atoms with Gasteiger partial charge in [0.05, 0.1) is 18.2 Å². The van der Waals surface area contributed by atoms with Crippen LogP contribution >= 0.6 is 11.6 Å². The molecule has 0 aliphatic rings. The van der Waals surface area contributed by atoms with Crippen LogP contribution in [0.25, 0.3) is 0 Å². The van der Waals surface area contributed by atoms with Crippen molar-refractivity contribution in [1.29, 1.82) is 0 Å². The van der Waals surface area contributed by atoms with Gasteiger partial charge in [-0.2, -0.15) is 0 Å². The van der Waals surface area contributed by atoms with E-state index in [9.17, 15) is 0 Å². The van der Waals surface area contributed by atoms with Crippen molar-refractivity contribution in [2.75, 3.05) is 19.8 Å². The summed E-state index contributed by atoms with van der Waals surface area (Å²) in [5.41, 5.74) is 7.98. The molecule has 124 valence electrons. The molecule has 1 unspecified atom stereocenters. The number of nitrogens with zero attached hydrogens (tertiary/aromatic N) is 1. The van der Waals surface area contributed by atoms with E-state index < -0.39 is 0 Å². The molecule has 0 fully saturated rings. The largest absolute Gasteiger partial charge is 0.490 e. The van der Waals surface area contributed by atoms with Crippen LogP contribution in [0.3, 0.4) is 0 Å². The number of rotatable bonds is 8. The molecule has 0 spiro atoms. The molecule has 0 amide bonds. The highest BCUT2D eigenvalue weighted by atomic mass is 35.5. The summed E-state index contributed by atoms with van der Waals surface area (Å²) in [5.74, 6) is 1.41. The smallest absolute Gasteiger partial charge is 0.179 e. The van der Waals surface area contributed by atoms with Crippen molar-refractivity contribution in [3.8, 4) is 11.5 Å². The quantitative estimate of drug-likeness (QED) is 0.797. The van der Waals surface area contributed by atoms with Crippen molar-refractivity contribution in [3.05, 3.63) is 52.8 Å². The second kappa shape index (κ2) is 8.75. The van der Waals surface area contributed by atoms with E-state index in [1.807, 2.05) is 44.2 Å². The van der Waals surface area contributed by atoms with Crippen molar-refractivity contribution in [1.82, 2.24) is 4.98 Å². The van der Waals surface area contributed by atoms with E-state index >= 15 is 0 Å². The highest BCUT2D eigenvalue weighted by Crippen LogP contribution is 2.37. The second-order valence-electron chi connectivity index (χ2n) is 5.16.